The van der Waals surface area contributed by atoms with Gasteiger partial charge in [-0.1, -0.05) is 30.7 Å². The average Bonchev–Trinajstić information content (AvgIpc) is 3.17. The van der Waals surface area contributed by atoms with Gasteiger partial charge in [-0.15, -0.1) is 0 Å². The van der Waals surface area contributed by atoms with Crippen LogP contribution in [0, 0.1) is 11.1 Å². The number of hydrogen-bond donors (Lipinski definition) is 3. The Morgan fingerprint density at radius 3 is 2.53 bits per heavy atom. The summed E-state index contributed by atoms with van der Waals surface area (Å²) in [7, 11) is 2.79. The molecule has 2 heterocycles. The van der Waals surface area contributed by atoms with Crippen LogP contribution in [-0.4, -0.2) is 42.5 Å². The highest BCUT2D eigenvalue weighted by Crippen LogP contribution is 2.55. The lowest BCUT2D eigenvalue weighted by molar-refractivity contribution is -0.991. The molecule has 0 radical (unpaired) electrons. The van der Waals surface area contributed by atoms with E-state index in [9.17, 15) is 24.8 Å². The number of allylic oxidation sites excluding steroid dienone is 1. The van der Waals surface area contributed by atoms with Crippen LogP contribution in [0.3, 0.4) is 0 Å². The van der Waals surface area contributed by atoms with Gasteiger partial charge in [-0.25, -0.2) is 5.21 Å². The van der Waals surface area contributed by atoms with Crippen LogP contribution in [0.4, 0.5) is 5.69 Å². The minimum Gasteiger partial charge on any atom is -0.595 e. The third-order valence-corrected chi connectivity index (χ3v) is 7.45. The lowest BCUT2D eigenvalue weighted by atomic mass is 9.66. The third-order valence-electron chi connectivity index (χ3n) is 7.09. The van der Waals surface area contributed by atoms with Crippen LogP contribution in [-0.2, 0) is 9.59 Å². The largest absolute Gasteiger partial charge is 0.595 e. The van der Waals surface area contributed by atoms with E-state index in [4.69, 9.17) is 25.8 Å². The molecule has 1 amide bonds. The molecule has 36 heavy (non-hydrogen) atoms. The molecule has 3 aliphatic rings. The standard InChI is InChI=1S/C25H23ClN2O8/c1-11-7-15-19(14(9-18(29)27-15)12-5-4-6-13(8-12)28(32)33)23(30)25(11)24(31)20-16(34-2)10-17(35-3)21(26)22(20)36-25/h4-6,8,10-11,14,28,32H,7,9H2,1-3H3,(H,27,29)/t11-,14?,25+/m1/s1. The summed E-state index contributed by atoms with van der Waals surface area (Å²) in [5, 5.41) is 22.7. The van der Waals surface area contributed by atoms with Gasteiger partial charge < -0.3 is 24.7 Å². The molecule has 10 nitrogen and oxygen atoms in total. The molecule has 2 aliphatic heterocycles. The number of carbonyl (C=O) groups is 3. The van der Waals surface area contributed by atoms with Gasteiger partial charge in [0.1, 0.15) is 22.1 Å². The van der Waals surface area contributed by atoms with Crippen LogP contribution in [0.2, 0.25) is 5.02 Å². The zero-order chi connectivity index (χ0) is 25.9. The molecule has 2 unspecified atom stereocenters. The Labute approximate surface area is 210 Å². The molecular weight excluding hydrogens is 492 g/mol. The topological polar surface area (TPSA) is 139 Å². The highest BCUT2D eigenvalue weighted by atomic mass is 35.5. The first-order valence-electron chi connectivity index (χ1n) is 11.2. The maximum Gasteiger partial charge on any atom is 0.236 e. The lowest BCUT2D eigenvalue weighted by Crippen LogP contribution is -2.99. The Hall–Kier alpha value is -3.44. The van der Waals surface area contributed by atoms with Crippen LogP contribution in [0.1, 0.15) is 41.6 Å². The van der Waals surface area contributed by atoms with Crippen LogP contribution >= 0.6 is 11.6 Å². The summed E-state index contributed by atoms with van der Waals surface area (Å²) in [6.45, 7) is 1.70. The van der Waals surface area contributed by atoms with Gasteiger partial charge in [0.05, 0.1) is 14.2 Å². The zero-order valence-corrected chi connectivity index (χ0v) is 20.4. The molecule has 0 fully saturated rings. The zero-order valence-electron chi connectivity index (χ0n) is 19.6. The molecule has 0 saturated heterocycles. The molecule has 2 aromatic carbocycles. The number of ether oxygens (including phenoxy) is 3. The first kappa shape index (κ1) is 24.3. The third kappa shape index (κ3) is 3.33. The molecule has 11 heteroatoms. The number of amides is 1. The van der Waals surface area contributed by atoms with Crippen molar-refractivity contribution in [3.05, 3.63) is 63.0 Å². The van der Waals surface area contributed by atoms with Crippen LogP contribution < -0.4 is 24.8 Å². The predicted molar refractivity (Wildman–Crippen MR) is 126 cm³/mol. The van der Waals surface area contributed by atoms with Crippen LogP contribution in [0.25, 0.3) is 0 Å². The van der Waals surface area contributed by atoms with Gasteiger partial charge in [0.15, 0.2) is 11.4 Å². The van der Waals surface area contributed by atoms with Crippen molar-refractivity contribution < 1.29 is 39.0 Å². The number of carbonyl (C=O) groups excluding carboxylic acids is 3. The van der Waals surface area contributed by atoms with E-state index in [1.807, 2.05) is 0 Å². The van der Waals surface area contributed by atoms with Crippen molar-refractivity contribution >= 4 is 34.8 Å². The van der Waals surface area contributed by atoms with Crippen molar-refractivity contribution in [3.63, 3.8) is 0 Å². The van der Waals surface area contributed by atoms with Gasteiger partial charge in [-0.2, -0.15) is 5.23 Å². The quantitative estimate of drug-likeness (QED) is 0.417. The smallest absolute Gasteiger partial charge is 0.236 e. The average molecular weight is 515 g/mol. The molecule has 0 bridgehead atoms. The molecule has 1 spiro atoms. The summed E-state index contributed by atoms with van der Waals surface area (Å²) in [6, 6.07) is 7.55. The maximum atomic E-state index is 14.3. The fourth-order valence-electron chi connectivity index (χ4n) is 5.36. The summed E-state index contributed by atoms with van der Waals surface area (Å²) < 4.78 is 16.9. The number of benzene rings is 2. The number of ketones is 2. The molecule has 3 N–H and O–H groups in total. The number of rotatable bonds is 4. The summed E-state index contributed by atoms with van der Waals surface area (Å²) in [5.74, 6) is -2.50. The predicted octanol–water partition coefficient (Wildman–Crippen LogP) is 2.24. The van der Waals surface area contributed by atoms with Gasteiger partial charge in [-0.05, 0) is 12.0 Å². The van der Waals surface area contributed by atoms with Crippen molar-refractivity contribution in [3.8, 4) is 17.2 Å². The number of Topliss-reactive ketones (excluding diaryl/α,β-unsaturated/α-hetero) is 2. The molecule has 0 aromatic heterocycles. The highest BCUT2D eigenvalue weighted by Gasteiger charge is 2.63. The number of hydrogen-bond acceptors (Lipinski definition) is 8. The van der Waals surface area contributed by atoms with Crippen molar-refractivity contribution in [2.45, 2.75) is 31.3 Å². The van der Waals surface area contributed by atoms with Crippen molar-refractivity contribution in [2.75, 3.05) is 14.2 Å². The Morgan fingerprint density at radius 2 is 1.86 bits per heavy atom. The first-order chi connectivity index (χ1) is 17.1. The number of halogens is 1. The summed E-state index contributed by atoms with van der Waals surface area (Å²) in [6.07, 6.45) is 0.0931. The van der Waals surface area contributed by atoms with Gasteiger partial charge in [0, 0.05) is 47.7 Å². The fourth-order valence-corrected chi connectivity index (χ4v) is 5.63. The number of fused-ring (bicyclic) bond motifs is 1. The second kappa shape index (κ2) is 8.59. The van der Waals surface area contributed by atoms with E-state index in [2.05, 4.69) is 5.32 Å². The molecule has 4 atom stereocenters. The normalized spacial score (nSPS) is 25.8. The van der Waals surface area contributed by atoms with Crippen molar-refractivity contribution in [1.82, 2.24) is 5.32 Å². The Morgan fingerprint density at radius 1 is 1.14 bits per heavy atom. The van der Waals surface area contributed by atoms with Gasteiger partial charge >= 0.3 is 0 Å². The van der Waals surface area contributed by atoms with Crippen LogP contribution in [0.5, 0.6) is 17.2 Å². The van der Waals surface area contributed by atoms with Crippen molar-refractivity contribution in [1.29, 1.82) is 0 Å². The molecular formula is C25H23ClN2O8. The summed E-state index contributed by atoms with van der Waals surface area (Å²) in [5.41, 5.74) is -0.736. The van der Waals surface area contributed by atoms with Gasteiger partial charge in [-0.3, -0.25) is 14.4 Å². The molecule has 1 aliphatic carbocycles. The lowest BCUT2D eigenvalue weighted by Gasteiger charge is -2.41. The van der Waals surface area contributed by atoms with Crippen LogP contribution in [0.15, 0.2) is 41.6 Å². The maximum absolute atomic E-state index is 14.3. The van der Waals surface area contributed by atoms with E-state index in [0.717, 1.165) is 0 Å². The van der Waals surface area contributed by atoms with E-state index in [1.165, 1.54) is 32.4 Å². The second-order valence-electron chi connectivity index (χ2n) is 9.03. The van der Waals surface area contributed by atoms with E-state index in [0.29, 0.717) is 11.3 Å². The number of methoxy groups -OCH3 is 2. The second-order valence-corrected chi connectivity index (χ2v) is 9.41. The number of nitrogens with one attached hydrogen (secondary N) is 2. The minimum atomic E-state index is -1.92. The van der Waals surface area contributed by atoms with Gasteiger partial charge in [0.25, 0.3) is 0 Å². The minimum absolute atomic E-state index is 0.00591. The Bertz CT molecular complexity index is 1350. The highest BCUT2D eigenvalue weighted by molar-refractivity contribution is 6.36. The molecule has 0 saturated carbocycles. The summed E-state index contributed by atoms with van der Waals surface area (Å²) >= 11 is 6.48. The molecule has 188 valence electrons. The van der Waals surface area contributed by atoms with E-state index >= 15 is 0 Å². The monoisotopic (exact) mass is 514 g/mol. The van der Waals surface area contributed by atoms with Crippen molar-refractivity contribution in [2.24, 2.45) is 5.92 Å². The SMILES string of the molecule is COc1cc(OC)c2c(c1Cl)O[C@@]1(C(=O)C3=C(C[C@H]1C)NC(=O)CC3c1cccc([NH+]([O-])O)c1)C2=O. The fraction of sp³-hybridized carbons (Fsp3) is 0.320. The van der Waals surface area contributed by atoms with E-state index < -0.39 is 34.2 Å². The van der Waals surface area contributed by atoms with Gasteiger partial charge in [0.2, 0.25) is 23.1 Å². The number of quaternary nitrogens is 1. The molecule has 5 rings (SSSR count). The Kier molecular flexibility index (Phi) is 5.79. The first-order valence-corrected chi connectivity index (χ1v) is 11.6. The van der Waals surface area contributed by atoms with E-state index in [1.54, 1.807) is 19.1 Å². The molecule has 2 aromatic rings. The Balaban J connectivity index is 1.66. The van der Waals surface area contributed by atoms with E-state index in [-0.39, 0.29) is 57.8 Å². The summed E-state index contributed by atoms with van der Waals surface area (Å²) in [4.78, 5) is 40.8.